The predicted molar refractivity (Wildman–Crippen MR) is 103 cm³/mol. The van der Waals surface area contributed by atoms with Gasteiger partial charge in [0.05, 0.1) is 5.69 Å². The van der Waals surface area contributed by atoms with Gasteiger partial charge in [0.2, 0.25) is 10.0 Å². The Morgan fingerprint density at radius 3 is 2.58 bits per heavy atom. The summed E-state index contributed by atoms with van der Waals surface area (Å²) in [5, 5.41) is 1.79. The van der Waals surface area contributed by atoms with Gasteiger partial charge < -0.3 is 0 Å². The molecule has 3 aromatic rings. The molecule has 0 fully saturated rings. The highest BCUT2D eigenvalue weighted by atomic mass is 32.2. The lowest BCUT2D eigenvalue weighted by Gasteiger charge is -2.17. The zero-order chi connectivity index (χ0) is 18.9. The Balaban J connectivity index is 1.98. The fraction of sp³-hybridized carbons (Fsp3) is 0.333. The largest absolute Gasteiger partial charge is 0.279 e. The molecule has 0 aliphatic heterocycles. The van der Waals surface area contributed by atoms with Crippen molar-refractivity contribution in [1.82, 2.24) is 14.1 Å². The van der Waals surface area contributed by atoms with Crippen LogP contribution in [0.5, 0.6) is 0 Å². The van der Waals surface area contributed by atoms with Crippen LogP contribution in [0.15, 0.2) is 45.4 Å². The topological polar surface area (TPSA) is 80.5 Å². The van der Waals surface area contributed by atoms with Gasteiger partial charge >= 0.3 is 0 Å². The lowest BCUT2D eigenvalue weighted by molar-refractivity contribution is 0.534. The van der Waals surface area contributed by atoms with E-state index in [0.29, 0.717) is 23.5 Å². The van der Waals surface area contributed by atoms with Crippen LogP contribution in [0.2, 0.25) is 0 Å². The average Bonchev–Trinajstić information content (AvgIpc) is 2.95. The number of hydrogen-bond donors (Lipinski definition) is 1. The molecule has 0 unspecified atom stereocenters. The van der Waals surface area contributed by atoms with Gasteiger partial charge in [-0.15, -0.1) is 11.3 Å². The number of aryl methyl sites for hydroxylation is 2. The Kier molecular flexibility index (Phi) is 5.27. The van der Waals surface area contributed by atoms with Crippen LogP contribution in [0, 0.1) is 13.8 Å². The number of benzene rings is 1. The van der Waals surface area contributed by atoms with Gasteiger partial charge in [0, 0.05) is 17.1 Å². The predicted octanol–water partition coefficient (Wildman–Crippen LogP) is 2.67. The second kappa shape index (κ2) is 7.30. The second-order valence-corrected chi connectivity index (χ2v) is 8.73. The summed E-state index contributed by atoms with van der Waals surface area (Å²) in [6.45, 7) is 5.24. The first-order chi connectivity index (χ1) is 12.3. The van der Waals surface area contributed by atoms with Crippen molar-refractivity contribution < 1.29 is 8.42 Å². The summed E-state index contributed by atoms with van der Waals surface area (Å²) in [4.78, 5) is 17.3. The maximum Gasteiger partial charge on any atom is 0.279 e. The minimum absolute atomic E-state index is 0.221. The van der Waals surface area contributed by atoms with Gasteiger partial charge in [0.1, 0.15) is 0 Å². The minimum Gasteiger partial charge on any atom is -0.267 e. The van der Waals surface area contributed by atoms with Gasteiger partial charge in [0.25, 0.3) is 5.56 Å². The van der Waals surface area contributed by atoms with Crippen LogP contribution < -0.4 is 10.3 Å². The van der Waals surface area contributed by atoms with Crippen molar-refractivity contribution in [2.75, 3.05) is 0 Å². The molecule has 1 atom stereocenters. The highest BCUT2D eigenvalue weighted by Crippen LogP contribution is 2.17. The number of nitrogens with zero attached hydrogens (tertiary/aromatic N) is 2. The maximum atomic E-state index is 12.9. The first kappa shape index (κ1) is 18.8. The van der Waals surface area contributed by atoms with Gasteiger partial charge in [-0.3, -0.25) is 9.20 Å². The van der Waals surface area contributed by atoms with Crippen LogP contribution in [0.25, 0.3) is 4.96 Å². The van der Waals surface area contributed by atoms with Gasteiger partial charge in [-0.05, 0) is 32.3 Å². The number of nitrogens with one attached hydrogen (secondary N) is 1. The molecule has 1 N–H and O–H groups in total. The molecule has 2 heterocycles. The van der Waals surface area contributed by atoms with Crippen molar-refractivity contribution in [1.29, 1.82) is 0 Å². The van der Waals surface area contributed by atoms with E-state index in [1.54, 1.807) is 19.2 Å². The van der Waals surface area contributed by atoms with Crippen molar-refractivity contribution in [3.05, 3.63) is 63.0 Å². The van der Waals surface area contributed by atoms with Crippen LogP contribution in [0.3, 0.4) is 0 Å². The van der Waals surface area contributed by atoms with E-state index in [1.807, 2.05) is 37.3 Å². The summed E-state index contributed by atoms with van der Waals surface area (Å²) in [6.07, 6.45) is 1.17. The van der Waals surface area contributed by atoms with Gasteiger partial charge in [-0.25, -0.2) is 18.1 Å². The van der Waals surface area contributed by atoms with Gasteiger partial charge in [-0.1, -0.05) is 37.3 Å². The quantitative estimate of drug-likeness (QED) is 0.700. The molecule has 0 aliphatic rings. The highest BCUT2D eigenvalue weighted by Gasteiger charge is 2.27. The molecule has 0 amide bonds. The van der Waals surface area contributed by atoms with E-state index in [0.717, 1.165) is 5.56 Å². The average molecular weight is 392 g/mol. The molecule has 0 spiro atoms. The van der Waals surface area contributed by atoms with Crippen molar-refractivity contribution in [2.24, 2.45) is 0 Å². The molecule has 8 heteroatoms. The van der Waals surface area contributed by atoms with E-state index in [1.165, 1.54) is 15.7 Å². The van der Waals surface area contributed by atoms with E-state index >= 15 is 0 Å². The fourth-order valence-electron chi connectivity index (χ4n) is 2.92. The van der Waals surface area contributed by atoms with Crippen LogP contribution in [-0.2, 0) is 16.4 Å². The normalized spacial score (nSPS) is 13.2. The monoisotopic (exact) mass is 391 g/mol. The molecule has 3 rings (SSSR count). The molecule has 138 valence electrons. The van der Waals surface area contributed by atoms with Crippen molar-refractivity contribution >= 4 is 26.3 Å². The lowest BCUT2D eigenvalue weighted by Crippen LogP contribution is -2.39. The van der Waals surface area contributed by atoms with E-state index in [9.17, 15) is 13.2 Å². The first-order valence-corrected chi connectivity index (χ1v) is 10.7. The zero-order valence-electron chi connectivity index (χ0n) is 14.9. The van der Waals surface area contributed by atoms with Crippen LogP contribution in [0.1, 0.15) is 30.3 Å². The first-order valence-electron chi connectivity index (χ1n) is 8.37. The molecule has 6 nitrogen and oxygen atoms in total. The minimum atomic E-state index is -3.98. The van der Waals surface area contributed by atoms with Gasteiger partial charge in [0.15, 0.2) is 9.86 Å². The third-order valence-electron chi connectivity index (χ3n) is 4.28. The summed E-state index contributed by atoms with van der Waals surface area (Å²) >= 11 is 1.32. The SMILES string of the molecule is CC[C@H](Cc1ccccc1)NS(=O)(=O)c1c(C)nc2scc(C)n2c1=O. The summed E-state index contributed by atoms with van der Waals surface area (Å²) in [5.41, 5.74) is 1.39. The molecule has 0 aliphatic carbocycles. The van der Waals surface area contributed by atoms with Crippen LogP contribution in [0.4, 0.5) is 0 Å². The van der Waals surface area contributed by atoms with Crippen LogP contribution in [-0.4, -0.2) is 23.8 Å². The third kappa shape index (κ3) is 3.58. The fourth-order valence-corrected chi connectivity index (χ4v) is 5.39. The van der Waals surface area contributed by atoms with E-state index in [2.05, 4.69) is 9.71 Å². The molecule has 1 aromatic carbocycles. The Hall–Kier alpha value is -2.03. The molecule has 2 aromatic heterocycles. The number of fused-ring (bicyclic) bond motifs is 1. The Morgan fingerprint density at radius 1 is 1.23 bits per heavy atom. The summed E-state index contributed by atoms with van der Waals surface area (Å²) in [5.74, 6) is 0. The number of rotatable bonds is 6. The van der Waals surface area contributed by atoms with E-state index < -0.39 is 15.6 Å². The van der Waals surface area contributed by atoms with Crippen molar-refractivity contribution in [2.45, 2.75) is 44.6 Å². The highest BCUT2D eigenvalue weighted by molar-refractivity contribution is 7.89. The molecule has 26 heavy (non-hydrogen) atoms. The number of thiazole rings is 1. The second-order valence-electron chi connectivity index (χ2n) is 6.24. The molecule has 0 bridgehead atoms. The molecule has 0 radical (unpaired) electrons. The molecule has 0 saturated heterocycles. The summed E-state index contributed by atoms with van der Waals surface area (Å²) < 4.78 is 29.9. The standard InChI is InChI=1S/C18H21N3O3S2/c1-4-15(10-14-8-6-5-7-9-14)20-26(23,24)16-13(3)19-18-21(17(16)22)12(2)11-25-18/h5-9,11,15,20H,4,10H2,1-3H3/t15-/m1/s1. The Labute approximate surface area is 156 Å². The Bertz CT molecular complexity index is 1090. The third-order valence-corrected chi connectivity index (χ3v) is 6.87. The van der Waals surface area contributed by atoms with E-state index in [4.69, 9.17) is 0 Å². The molecular formula is C18H21N3O3S2. The number of hydrogen-bond acceptors (Lipinski definition) is 5. The lowest BCUT2D eigenvalue weighted by atomic mass is 10.1. The summed E-state index contributed by atoms with van der Waals surface area (Å²) in [7, 11) is -3.98. The zero-order valence-corrected chi connectivity index (χ0v) is 16.5. The Morgan fingerprint density at radius 2 is 1.92 bits per heavy atom. The maximum absolute atomic E-state index is 12.9. The number of sulfonamides is 1. The smallest absolute Gasteiger partial charge is 0.267 e. The van der Waals surface area contributed by atoms with Crippen molar-refractivity contribution in [3.8, 4) is 0 Å². The molecular weight excluding hydrogens is 370 g/mol. The molecule has 0 saturated carbocycles. The van der Waals surface area contributed by atoms with Gasteiger partial charge in [-0.2, -0.15) is 0 Å². The van der Waals surface area contributed by atoms with Crippen molar-refractivity contribution in [3.63, 3.8) is 0 Å². The van der Waals surface area contributed by atoms with E-state index in [-0.39, 0.29) is 16.6 Å². The van der Waals surface area contributed by atoms with Crippen LogP contribution >= 0.6 is 11.3 Å². The summed E-state index contributed by atoms with van der Waals surface area (Å²) in [6, 6.07) is 9.38. The number of aromatic nitrogens is 2.